The van der Waals surface area contributed by atoms with E-state index in [-0.39, 0.29) is 0 Å². The van der Waals surface area contributed by atoms with Crippen molar-refractivity contribution in [2.75, 3.05) is 11.6 Å². The maximum atomic E-state index is 10.7. The molecule has 0 bridgehead atoms. The van der Waals surface area contributed by atoms with Crippen LogP contribution < -0.4 is 10.6 Å². The fourth-order valence-corrected chi connectivity index (χ4v) is 0.887. The van der Waals surface area contributed by atoms with Gasteiger partial charge >= 0.3 is 6.03 Å². The van der Waals surface area contributed by atoms with E-state index in [1.807, 2.05) is 6.07 Å². The Morgan fingerprint density at radius 2 is 2.00 bits per heavy atom. The van der Waals surface area contributed by atoms with Crippen LogP contribution in [0.4, 0.5) is 10.5 Å². The average Bonchev–Trinajstić information content (AvgIpc) is 2.07. The molecule has 0 aromatic heterocycles. The summed E-state index contributed by atoms with van der Waals surface area (Å²) in [7, 11) is 0. The quantitative estimate of drug-likeness (QED) is 0.629. The number of anilines is 1. The molecule has 0 unspecified atom stereocenters. The summed E-state index contributed by atoms with van der Waals surface area (Å²) in [5.74, 6) is 0. The molecule has 2 amide bonds. The predicted molar refractivity (Wildman–Crippen MR) is 45.6 cm³/mol. The number of urea groups is 1. The molecule has 1 aromatic carbocycles. The van der Waals surface area contributed by atoms with Crippen molar-refractivity contribution in [2.45, 2.75) is 0 Å². The van der Waals surface area contributed by atoms with Crippen molar-refractivity contribution in [3.05, 3.63) is 30.3 Å². The van der Waals surface area contributed by atoms with Gasteiger partial charge in [0.15, 0.2) is 0 Å². The minimum atomic E-state index is -0.663. The molecule has 0 spiro atoms. The molecule has 4 nitrogen and oxygen atoms in total. The summed E-state index contributed by atoms with van der Waals surface area (Å²) in [6, 6.07) is 8.08. The van der Waals surface area contributed by atoms with E-state index in [2.05, 4.69) is 0 Å². The molecule has 0 saturated heterocycles. The van der Waals surface area contributed by atoms with Crippen molar-refractivity contribution in [2.24, 2.45) is 5.73 Å². The number of rotatable bonds is 2. The zero-order valence-electron chi connectivity index (χ0n) is 6.47. The van der Waals surface area contributed by atoms with Crippen LogP contribution in [0.5, 0.6) is 0 Å². The highest BCUT2D eigenvalue weighted by molar-refractivity contribution is 5.90. The van der Waals surface area contributed by atoms with Crippen LogP contribution in [-0.2, 0) is 0 Å². The van der Waals surface area contributed by atoms with Gasteiger partial charge < -0.3 is 10.8 Å². The Bertz CT molecular complexity index is 261. The smallest absolute Gasteiger partial charge is 0.321 e. The molecule has 0 radical (unpaired) electrons. The number of nitrogens with two attached hydrogens (primary N) is 1. The number of primary amides is 1. The summed E-state index contributed by atoms with van der Waals surface area (Å²) >= 11 is 0. The third kappa shape index (κ3) is 1.73. The number of aliphatic hydroxyl groups excluding tert-OH is 1. The van der Waals surface area contributed by atoms with E-state index >= 15 is 0 Å². The summed E-state index contributed by atoms with van der Waals surface area (Å²) in [4.78, 5) is 11.8. The first-order valence-corrected chi connectivity index (χ1v) is 3.48. The molecule has 3 N–H and O–H groups in total. The van der Waals surface area contributed by atoms with Crippen molar-refractivity contribution in [1.82, 2.24) is 0 Å². The lowest BCUT2D eigenvalue weighted by Gasteiger charge is -2.16. The normalized spacial score (nSPS) is 9.42. The van der Waals surface area contributed by atoms with E-state index in [1.54, 1.807) is 24.3 Å². The lowest BCUT2D eigenvalue weighted by atomic mass is 10.3. The van der Waals surface area contributed by atoms with Gasteiger partial charge in [-0.1, -0.05) is 18.2 Å². The number of hydrogen-bond donors (Lipinski definition) is 2. The predicted octanol–water partition coefficient (Wildman–Crippen LogP) is 0.522. The van der Waals surface area contributed by atoms with Gasteiger partial charge in [0.05, 0.1) is 0 Å². The van der Waals surface area contributed by atoms with Gasteiger partial charge in [-0.15, -0.1) is 0 Å². The summed E-state index contributed by atoms with van der Waals surface area (Å²) in [5.41, 5.74) is 5.60. The first-order chi connectivity index (χ1) is 5.75. The van der Waals surface area contributed by atoms with Gasteiger partial charge in [0.25, 0.3) is 0 Å². The Balaban J connectivity index is 2.88. The molecule has 0 atom stereocenters. The second kappa shape index (κ2) is 3.73. The van der Waals surface area contributed by atoms with Crippen molar-refractivity contribution >= 4 is 11.7 Å². The van der Waals surface area contributed by atoms with E-state index in [0.717, 1.165) is 4.90 Å². The first-order valence-electron chi connectivity index (χ1n) is 3.48. The molecule has 4 heteroatoms. The highest BCUT2D eigenvalue weighted by Crippen LogP contribution is 2.11. The van der Waals surface area contributed by atoms with Crippen LogP contribution in [0.1, 0.15) is 0 Å². The molecule has 0 aliphatic carbocycles. The number of hydrogen-bond acceptors (Lipinski definition) is 2. The van der Waals surface area contributed by atoms with E-state index in [0.29, 0.717) is 5.69 Å². The van der Waals surface area contributed by atoms with Crippen LogP contribution in [0.2, 0.25) is 0 Å². The molecule has 0 fully saturated rings. The van der Waals surface area contributed by atoms with Gasteiger partial charge in [-0.2, -0.15) is 0 Å². The Hall–Kier alpha value is -1.55. The van der Waals surface area contributed by atoms with Gasteiger partial charge in [0.2, 0.25) is 0 Å². The number of carbonyl (C=O) groups excluding carboxylic acids is 1. The van der Waals surface area contributed by atoms with Crippen LogP contribution in [0.3, 0.4) is 0 Å². The second-order valence-electron chi connectivity index (χ2n) is 2.24. The van der Waals surface area contributed by atoms with Crippen LogP contribution in [-0.4, -0.2) is 17.9 Å². The highest BCUT2D eigenvalue weighted by Gasteiger charge is 2.08. The Morgan fingerprint density at radius 1 is 1.42 bits per heavy atom. The van der Waals surface area contributed by atoms with Crippen LogP contribution in [0.15, 0.2) is 30.3 Å². The SMILES string of the molecule is NC(=O)N(CO)c1ccccc1. The molecule has 0 aliphatic rings. The van der Waals surface area contributed by atoms with Gasteiger partial charge in [-0.25, -0.2) is 4.79 Å². The van der Waals surface area contributed by atoms with Crippen molar-refractivity contribution < 1.29 is 9.90 Å². The zero-order valence-corrected chi connectivity index (χ0v) is 6.47. The number of benzene rings is 1. The average molecular weight is 166 g/mol. The van der Waals surface area contributed by atoms with E-state index in [4.69, 9.17) is 10.8 Å². The molecular weight excluding hydrogens is 156 g/mol. The van der Waals surface area contributed by atoms with Crippen molar-refractivity contribution in [3.8, 4) is 0 Å². The number of carbonyl (C=O) groups is 1. The fourth-order valence-electron chi connectivity index (χ4n) is 0.887. The third-order valence-electron chi connectivity index (χ3n) is 1.48. The third-order valence-corrected chi connectivity index (χ3v) is 1.48. The monoisotopic (exact) mass is 166 g/mol. The zero-order chi connectivity index (χ0) is 8.97. The summed E-state index contributed by atoms with van der Waals surface area (Å²) in [5, 5.41) is 8.77. The molecule has 12 heavy (non-hydrogen) atoms. The van der Waals surface area contributed by atoms with Crippen LogP contribution >= 0.6 is 0 Å². The number of aliphatic hydroxyl groups is 1. The topological polar surface area (TPSA) is 66.6 Å². The van der Waals surface area contributed by atoms with Crippen LogP contribution in [0.25, 0.3) is 0 Å². The van der Waals surface area contributed by atoms with Crippen molar-refractivity contribution in [1.29, 1.82) is 0 Å². The fraction of sp³-hybridized carbons (Fsp3) is 0.125. The van der Waals surface area contributed by atoms with Gasteiger partial charge in [-0.05, 0) is 12.1 Å². The number of nitrogens with zero attached hydrogens (tertiary/aromatic N) is 1. The Morgan fingerprint density at radius 3 is 2.42 bits per heavy atom. The molecule has 1 aromatic rings. The van der Waals surface area contributed by atoms with Crippen molar-refractivity contribution in [3.63, 3.8) is 0 Å². The van der Waals surface area contributed by atoms with Gasteiger partial charge in [0, 0.05) is 5.69 Å². The molecule has 0 aliphatic heterocycles. The maximum Gasteiger partial charge on any atom is 0.321 e. The Kier molecular flexibility index (Phi) is 2.66. The summed E-state index contributed by atoms with van der Waals surface area (Å²) in [6.45, 7) is -0.403. The molecule has 0 saturated carbocycles. The molecule has 0 heterocycles. The van der Waals surface area contributed by atoms with E-state index in [9.17, 15) is 4.79 Å². The molecule has 1 rings (SSSR count). The summed E-state index contributed by atoms with van der Waals surface area (Å²) < 4.78 is 0. The summed E-state index contributed by atoms with van der Waals surface area (Å²) in [6.07, 6.45) is 0. The van der Waals surface area contributed by atoms with E-state index in [1.165, 1.54) is 0 Å². The first kappa shape index (κ1) is 8.55. The largest absolute Gasteiger partial charge is 0.376 e. The molecular formula is C8H10N2O2. The minimum absolute atomic E-state index is 0.403. The maximum absolute atomic E-state index is 10.7. The standard InChI is InChI=1S/C8H10N2O2/c9-8(12)10(6-11)7-4-2-1-3-5-7/h1-5,11H,6H2,(H2,9,12). The molecule has 64 valence electrons. The number of para-hydroxylation sites is 1. The lowest BCUT2D eigenvalue weighted by Crippen LogP contribution is -2.36. The van der Waals surface area contributed by atoms with Crippen LogP contribution in [0, 0.1) is 0 Å². The van der Waals surface area contributed by atoms with Gasteiger partial charge in [-0.3, -0.25) is 4.90 Å². The van der Waals surface area contributed by atoms with Gasteiger partial charge in [0.1, 0.15) is 6.73 Å². The number of amides is 2. The highest BCUT2D eigenvalue weighted by atomic mass is 16.3. The lowest BCUT2D eigenvalue weighted by molar-refractivity contribution is 0.239. The minimum Gasteiger partial charge on any atom is -0.376 e. The second-order valence-corrected chi connectivity index (χ2v) is 2.24. The Labute approximate surface area is 70.2 Å². The van der Waals surface area contributed by atoms with E-state index < -0.39 is 12.8 Å².